The lowest BCUT2D eigenvalue weighted by Crippen LogP contribution is -2.37. The highest BCUT2D eigenvalue weighted by molar-refractivity contribution is 7.99. The summed E-state index contributed by atoms with van der Waals surface area (Å²) in [6.45, 7) is 6.24. The maximum absolute atomic E-state index is 12.2. The average molecular weight is 330 g/mol. The molecular weight excluding hydrogens is 308 g/mol. The molecule has 0 unspecified atom stereocenters. The molecule has 0 aliphatic carbocycles. The number of rotatable bonds is 6. The summed E-state index contributed by atoms with van der Waals surface area (Å²) in [4.78, 5) is 27.2. The number of carbonyl (C=O) groups excluding carboxylic acids is 1. The van der Waals surface area contributed by atoms with E-state index in [4.69, 9.17) is 0 Å². The summed E-state index contributed by atoms with van der Waals surface area (Å²) in [6, 6.07) is 11.0. The first kappa shape index (κ1) is 17.3. The minimum atomic E-state index is -0.268. The Kier molecular flexibility index (Phi) is 6.04. The van der Waals surface area contributed by atoms with Crippen molar-refractivity contribution in [2.75, 3.05) is 5.75 Å². The number of thioether (sulfide) groups is 1. The second kappa shape index (κ2) is 8.02. The van der Waals surface area contributed by atoms with Gasteiger partial charge in [0.15, 0.2) is 0 Å². The predicted octanol–water partition coefficient (Wildman–Crippen LogP) is 3.29. The number of H-pyrrole nitrogens is 1. The molecule has 2 rings (SSSR count). The number of carbonyl (C=O) groups is 1. The van der Waals surface area contributed by atoms with E-state index in [0.29, 0.717) is 5.69 Å². The molecule has 1 atom stereocenters. The van der Waals surface area contributed by atoms with E-state index in [0.717, 1.165) is 12.2 Å². The molecule has 122 valence electrons. The van der Waals surface area contributed by atoms with Crippen LogP contribution < -0.4 is 10.9 Å². The predicted molar refractivity (Wildman–Crippen MR) is 95.2 cm³/mol. The van der Waals surface area contributed by atoms with E-state index < -0.39 is 0 Å². The lowest BCUT2D eigenvalue weighted by atomic mass is 10.1. The fraction of sp³-hybridized carbons (Fsp3) is 0.333. The van der Waals surface area contributed by atoms with E-state index in [9.17, 15) is 9.59 Å². The first-order valence-corrected chi connectivity index (χ1v) is 8.68. The van der Waals surface area contributed by atoms with Crippen molar-refractivity contribution < 1.29 is 4.79 Å². The van der Waals surface area contributed by atoms with E-state index in [-0.39, 0.29) is 17.5 Å². The van der Waals surface area contributed by atoms with Crippen molar-refractivity contribution in [1.82, 2.24) is 10.3 Å². The van der Waals surface area contributed by atoms with Gasteiger partial charge >= 0.3 is 0 Å². The van der Waals surface area contributed by atoms with Gasteiger partial charge in [0.05, 0.1) is 0 Å². The molecule has 0 saturated carbocycles. The summed E-state index contributed by atoms with van der Waals surface area (Å²) < 4.78 is 0. The fourth-order valence-electron chi connectivity index (χ4n) is 2.11. The second-order valence-electron chi connectivity index (χ2n) is 5.56. The van der Waals surface area contributed by atoms with Crippen LogP contribution in [-0.4, -0.2) is 22.7 Å². The van der Waals surface area contributed by atoms with Crippen LogP contribution >= 0.6 is 11.8 Å². The highest BCUT2D eigenvalue weighted by Crippen LogP contribution is 2.22. The Morgan fingerprint density at radius 1 is 1.22 bits per heavy atom. The van der Waals surface area contributed by atoms with Crippen molar-refractivity contribution in [3.63, 3.8) is 0 Å². The topological polar surface area (TPSA) is 62.0 Å². The lowest BCUT2D eigenvalue weighted by Gasteiger charge is -2.17. The summed E-state index contributed by atoms with van der Waals surface area (Å²) >= 11 is 1.73. The van der Waals surface area contributed by atoms with Crippen LogP contribution in [-0.2, 0) is 0 Å². The molecule has 0 spiro atoms. The number of hydrogen-bond donors (Lipinski definition) is 2. The molecule has 1 amide bonds. The second-order valence-corrected chi connectivity index (χ2v) is 6.66. The Bertz CT molecular complexity index is 740. The van der Waals surface area contributed by atoms with Gasteiger partial charge in [-0.3, -0.25) is 9.59 Å². The molecule has 0 saturated heterocycles. The SMILES string of the molecule is CC[C@H](CSc1ccc(C)c(C)c1)NC(=O)c1cccc(=O)[nH]1. The molecule has 1 heterocycles. The Balaban J connectivity index is 1.96. The molecule has 4 nitrogen and oxygen atoms in total. The zero-order chi connectivity index (χ0) is 16.8. The van der Waals surface area contributed by atoms with Gasteiger partial charge in [0.1, 0.15) is 5.69 Å². The molecule has 1 aromatic carbocycles. The fourth-order valence-corrected chi connectivity index (χ4v) is 3.24. The van der Waals surface area contributed by atoms with Crippen molar-refractivity contribution in [2.24, 2.45) is 0 Å². The van der Waals surface area contributed by atoms with Crippen LogP contribution in [0.2, 0.25) is 0 Å². The zero-order valence-electron chi connectivity index (χ0n) is 13.7. The minimum Gasteiger partial charge on any atom is -0.347 e. The zero-order valence-corrected chi connectivity index (χ0v) is 14.5. The molecule has 2 aromatic rings. The largest absolute Gasteiger partial charge is 0.347 e. The number of hydrogen-bond acceptors (Lipinski definition) is 3. The molecule has 0 radical (unpaired) electrons. The maximum Gasteiger partial charge on any atom is 0.268 e. The number of aromatic amines is 1. The summed E-state index contributed by atoms with van der Waals surface area (Å²) in [6.07, 6.45) is 0.834. The van der Waals surface area contributed by atoms with Crippen LogP contribution in [0, 0.1) is 13.8 Å². The van der Waals surface area contributed by atoms with Crippen molar-refractivity contribution in [1.29, 1.82) is 0 Å². The van der Waals surface area contributed by atoms with Crippen molar-refractivity contribution in [2.45, 2.75) is 38.1 Å². The highest BCUT2D eigenvalue weighted by atomic mass is 32.2. The van der Waals surface area contributed by atoms with E-state index in [1.165, 1.54) is 22.1 Å². The molecule has 0 fully saturated rings. The van der Waals surface area contributed by atoms with Crippen molar-refractivity contribution >= 4 is 17.7 Å². The summed E-state index contributed by atoms with van der Waals surface area (Å²) in [7, 11) is 0. The monoisotopic (exact) mass is 330 g/mol. The number of benzene rings is 1. The number of aromatic nitrogens is 1. The minimum absolute atomic E-state index is 0.0535. The van der Waals surface area contributed by atoms with Gasteiger partial charge in [-0.25, -0.2) is 0 Å². The number of pyridine rings is 1. The van der Waals surface area contributed by atoms with Gasteiger partial charge in [-0.1, -0.05) is 19.1 Å². The Morgan fingerprint density at radius 3 is 2.65 bits per heavy atom. The van der Waals surface area contributed by atoms with Gasteiger partial charge in [0.2, 0.25) is 5.56 Å². The van der Waals surface area contributed by atoms with Gasteiger partial charge in [-0.15, -0.1) is 11.8 Å². The maximum atomic E-state index is 12.2. The van der Waals surface area contributed by atoms with Gasteiger partial charge in [0.25, 0.3) is 5.91 Å². The smallest absolute Gasteiger partial charge is 0.268 e. The summed E-state index contributed by atoms with van der Waals surface area (Å²) in [5.74, 6) is 0.553. The van der Waals surface area contributed by atoms with Crippen LogP contribution in [0.3, 0.4) is 0 Å². The van der Waals surface area contributed by atoms with E-state index in [1.807, 2.05) is 6.92 Å². The van der Waals surface area contributed by atoms with Crippen LogP contribution in [0.25, 0.3) is 0 Å². The molecular formula is C18H22N2O2S. The van der Waals surface area contributed by atoms with E-state index in [2.05, 4.69) is 42.3 Å². The summed E-state index contributed by atoms with van der Waals surface area (Å²) in [5.41, 5.74) is 2.58. The first-order valence-electron chi connectivity index (χ1n) is 7.70. The third kappa shape index (κ3) is 4.99. The van der Waals surface area contributed by atoms with Gasteiger partial charge in [-0.05, 0) is 49.6 Å². The average Bonchev–Trinajstić information content (AvgIpc) is 2.54. The molecule has 0 aliphatic rings. The molecule has 0 bridgehead atoms. The standard InChI is InChI=1S/C18H22N2O2S/c1-4-14(11-23-15-9-8-12(2)13(3)10-15)19-18(22)16-6-5-7-17(21)20-16/h5-10,14H,4,11H2,1-3H3,(H,19,22)(H,20,21)/t14-/m1/s1. The Labute approximate surface area is 140 Å². The van der Waals surface area contributed by atoms with E-state index in [1.54, 1.807) is 23.9 Å². The lowest BCUT2D eigenvalue weighted by molar-refractivity contribution is 0.0934. The molecule has 0 aliphatic heterocycles. The molecule has 2 N–H and O–H groups in total. The van der Waals surface area contributed by atoms with Crippen LogP contribution in [0.5, 0.6) is 0 Å². The number of amides is 1. The third-order valence-corrected chi connectivity index (χ3v) is 4.93. The van der Waals surface area contributed by atoms with Crippen LogP contribution in [0.4, 0.5) is 0 Å². The third-order valence-electron chi connectivity index (χ3n) is 3.77. The van der Waals surface area contributed by atoms with Crippen molar-refractivity contribution in [3.8, 4) is 0 Å². The first-order chi connectivity index (χ1) is 11.0. The molecule has 5 heteroatoms. The number of aryl methyl sites for hydroxylation is 2. The van der Waals surface area contributed by atoms with Crippen LogP contribution in [0.1, 0.15) is 35.0 Å². The Morgan fingerprint density at radius 2 is 2.00 bits per heavy atom. The highest BCUT2D eigenvalue weighted by Gasteiger charge is 2.13. The molecule has 1 aromatic heterocycles. The van der Waals surface area contributed by atoms with Crippen molar-refractivity contribution in [3.05, 3.63) is 63.6 Å². The Hall–Kier alpha value is -2.01. The van der Waals surface area contributed by atoms with Gasteiger partial charge < -0.3 is 10.3 Å². The molecule has 23 heavy (non-hydrogen) atoms. The normalized spacial score (nSPS) is 12.0. The summed E-state index contributed by atoms with van der Waals surface area (Å²) in [5, 5.41) is 2.98. The van der Waals surface area contributed by atoms with E-state index >= 15 is 0 Å². The quantitative estimate of drug-likeness (QED) is 0.799. The number of nitrogens with one attached hydrogen (secondary N) is 2. The van der Waals surface area contributed by atoms with Gasteiger partial charge in [-0.2, -0.15) is 0 Å². The van der Waals surface area contributed by atoms with Gasteiger partial charge in [0, 0.05) is 22.8 Å². The van der Waals surface area contributed by atoms with Crippen LogP contribution in [0.15, 0.2) is 46.1 Å².